The van der Waals surface area contributed by atoms with Crippen molar-refractivity contribution in [2.75, 3.05) is 18.4 Å². The van der Waals surface area contributed by atoms with Crippen molar-refractivity contribution in [2.24, 2.45) is 0 Å². The van der Waals surface area contributed by atoms with E-state index in [1.54, 1.807) is 36.7 Å². The summed E-state index contributed by atoms with van der Waals surface area (Å²) in [6.07, 6.45) is 4.43. The second-order valence-electron chi connectivity index (χ2n) is 7.61. The van der Waals surface area contributed by atoms with Crippen molar-refractivity contribution in [1.82, 2.24) is 15.2 Å². The lowest BCUT2D eigenvalue weighted by molar-refractivity contribution is -0.136. The maximum atomic E-state index is 12.5. The van der Waals surface area contributed by atoms with Gasteiger partial charge in [0.05, 0.1) is 17.3 Å². The minimum atomic E-state index is -0.804. The van der Waals surface area contributed by atoms with Crippen molar-refractivity contribution in [3.63, 3.8) is 0 Å². The lowest BCUT2D eigenvalue weighted by Gasteiger charge is -2.35. The highest BCUT2D eigenvalue weighted by Crippen LogP contribution is 2.27. The van der Waals surface area contributed by atoms with Crippen LogP contribution in [-0.2, 0) is 22.6 Å². The Morgan fingerprint density at radius 2 is 1.81 bits per heavy atom. The van der Waals surface area contributed by atoms with Gasteiger partial charge in [-0.1, -0.05) is 42.5 Å². The molecule has 0 saturated carbocycles. The number of benzene rings is 2. The van der Waals surface area contributed by atoms with Crippen molar-refractivity contribution in [3.8, 4) is 6.07 Å². The Morgan fingerprint density at radius 1 is 1.03 bits per heavy atom. The van der Waals surface area contributed by atoms with Crippen LogP contribution < -0.4 is 10.6 Å². The summed E-state index contributed by atoms with van der Waals surface area (Å²) in [4.78, 5) is 31.5. The number of pyridine rings is 1. The molecule has 7 heteroatoms. The first-order chi connectivity index (χ1) is 15.7. The Kier molecular flexibility index (Phi) is 6.54. The fourth-order valence-electron chi connectivity index (χ4n) is 3.95. The number of hydrogen-bond acceptors (Lipinski definition) is 5. The highest BCUT2D eigenvalue weighted by Gasteiger charge is 2.26. The Labute approximate surface area is 186 Å². The summed E-state index contributed by atoms with van der Waals surface area (Å²) in [5.74, 6) is -1.55. The highest BCUT2D eigenvalue weighted by atomic mass is 16.2. The number of nitriles is 1. The van der Waals surface area contributed by atoms with Gasteiger partial charge in [-0.3, -0.25) is 19.5 Å². The van der Waals surface area contributed by atoms with Crippen molar-refractivity contribution in [1.29, 1.82) is 5.26 Å². The van der Waals surface area contributed by atoms with E-state index in [-0.39, 0.29) is 12.6 Å². The number of nitrogens with zero attached hydrogens (tertiary/aromatic N) is 3. The predicted octanol–water partition coefficient (Wildman–Crippen LogP) is 2.81. The molecule has 160 valence electrons. The molecule has 2 heterocycles. The van der Waals surface area contributed by atoms with E-state index in [1.807, 2.05) is 24.3 Å². The third-order valence-electron chi connectivity index (χ3n) is 5.63. The first-order valence-corrected chi connectivity index (χ1v) is 10.4. The van der Waals surface area contributed by atoms with Crippen LogP contribution in [0.4, 0.5) is 5.69 Å². The molecule has 3 aromatic rings. The first kappa shape index (κ1) is 21.2. The fraction of sp³-hybridized carbons (Fsp3) is 0.200. The van der Waals surface area contributed by atoms with Gasteiger partial charge in [0, 0.05) is 32.0 Å². The SMILES string of the molecule is N#Cc1ccccc1NC(=O)C(=O)NC[C@H](c1cccnc1)N1CCc2ccccc2C1. The highest BCUT2D eigenvalue weighted by molar-refractivity contribution is 6.39. The monoisotopic (exact) mass is 425 g/mol. The second kappa shape index (κ2) is 9.86. The summed E-state index contributed by atoms with van der Waals surface area (Å²) < 4.78 is 0. The van der Waals surface area contributed by atoms with Gasteiger partial charge in [0.1, 0.15) is 6.07 Å². The molecule has 0 saturated heterocycles. The molecule has 7 nitrogen and oxygen atoms in total. The lowest BCUT2D eigenvalue weighted by atomic mass is 9.97. The summed E-state index contributed by atoms with van der Waals surface area (Å²) in [5, 5.41) is 14.4. The number of hydrogen-bond donors (Lipinski definition) is 2. The summed E-state index contributed by atoms with van der Waals surface area (Å²) in [5.41, 5.74) is 4.20. The minimum Gasteiger partial charge on any atom is -0.346 e. The van der Waals surface area contributed by atoms with Gasteiger partial charge >= 0.3 is 11.8 Å². The van der Waals surface area contributed by atoms with E-state index in [0.717, 1.165) is 25.1 Å². The molecule has 0 radical (unpaired) electrons. The minimum absolute atomic E-state index is 0.125. The van der Waals surface area contributed by atoms with Crippen molar-refractivity contribution in [3.05, 3.63) is 95.3 Å². The average Bonchev–Trinajstić information content (AvgIpc) is 2.85. The number of para-hydroxylation sites is 1. The summed E-state index contributed by atoms with van der Waals surface area (Å²) in [7, 11) is 0. The Hall–Kier alpha value is -4.02. The zero-order valence-electron chi connectivity index (χ0n) is 17.5. The molecule has 1 atom stereocenters. The van der Waals surface area contributed by atoms with Gasteiger partial charge in [0.15, 0.2) is 0 Å². The summed E-state index contributed by atoms with van der Waals surface area (Å²) in [6.45, 7) is 1.86. The molecule has 32 heavy (non-hydrogen) atoms. The van der Waals surface area contributed by atoms with Crippen LogP contribution in [0.5, 0.6) is 0 Å². The maximum absolute atomic E-state index is 12.5. The molecule has 2 N–H and O–H groups in total. The van der Waals surface area contributed by atoms with E-state index in [2.05, 4.69) is 38.7 Å². The molecule has 0 fully saturated rings. The molecular formula is C25H23N5O2. The normalized spacial score (nSPS) is 14.0. The molecular weight excluding hydrogens is 402 g/mol. The Morgan fingerprint density at radius 3 is 2.59 bits per heavy atom. The Bertz CT molecular complexity index is 1160. The second-order valence-corrected chi connectivity index (χ2v) is 7.61. The largest absolute Gasteiger partial charge is 0.346 e. The maximum Gasteiger partial charge on any atom is 0.313 e. The van der Waals surface area contributed by atoms with Gasteiger partial charge in [-0.15, -0.1) is 0 Å². The van der Waals surface area contributed by atoms with Gasteiger partial charge in [-0.25, -0.2) is 0 Å². The van der Waals surface area contributed by atoms with Crippen LogP contribution in [0.1, 0.15) is 28.3 Å². The number of fused-ring (bicyclic) bond motifs is 1. The van der Waals surface area contributed by atoms with Crippen LogP contribution in [0, 0.1) is 11.3 Å². The molecule has 0 aliphatic carbocycles. The quantitative estimate of drug-likeness (QED) is 0.613. The van der Waals surface area contributed by atoms with Crippen LogP contribution in [-0.4, -0.2) is 34.8 Å². The van der Waals surface area contributed by atoms with Gasteiger partial charge < -0.3 is 10.6 Å². The predicted molar refractivity (Wildman–Crippen MR) is 120 cm³/mol. The molecule has 2 aromatic carbocycles. The molecule has 0 spiro atoms. The third kappa shape index (κ3) is 4.82. The fourth-order valence-corrected chi connectivity index (χ4v) is 3.95. The average molecular weight is 425 g/mol. The van der Waals surface area contributed by atoms with Crippen LogP contribution in [0.25, 0.3) is 0 Å². The number of amides is 2. The summed E-state index contributed by atoms with van der Waals surface area (Å²) in [6, 6.07) is 20.7. The molecule has 2 amide bonds. The molecule has 1 aliphatic rings. The topological polar surface area (TPSA) is 98.1 Å². The zero-order valence-corrected chi connectivity index (χ0v) is 17.5. The van der Waals surface area contributed by atoms with Gasteiger partial charge in [0.2, 0.25) is 0 Å². The van der Waals surface area contributed by atoms with E-state index in [0.29, 0.717) is 11.3 Å². The molecule has 1 aromatic heterocycles. The van der Waals surface area contributed by atoms with E-state index < -0.39 is 11.8 Å². The van der Waals surface area contributed by atoms with Crippen molar-refractivity contribution >= 4 is 17.5 Å². The first-order valence-electron chi connectivity index (χ1n) is 10.4. The molecule has 1 aliphatic heterocycles. The molecule has 0 bridgehead atoms. The van der Waals surface area contributed by atoms with Crippen molar-refractivity contribution < 1.29 is 9.59 Å². The van der Waals surface area contributed by atoms with E-state index in [1.165, 1.54) is 11.1 Å². The Balaban J connectivity index is 1.46. The van der Waals surface area contributed by atoms with Crippen molar-refractivity contribution in [2.45, 2.75) is 19.0 Å². The van der Waals surface area contributed by atoms with E-state index >= 15 is 0 Å². The zero-order chi connectivity index (χ0) is 22.3. The van der Waals surface area contributed by atoms with Gasteiger partial charge in [0.25, 0.3) is 0 Å². The van der Waals surface area contributed by atoms with Crippen LogP contribution in [0.15, 0.2) is 73.1 Å². The number of anilines is 1. The standard InChI is InChI=1S/C25H23N5O2/c26-14-19-7-3-4-10-22(19)29-25(32)24(31)28-16-23(20-9-5-12-27-15-20)30-13-11-18-6-1-2-8-21(18)17-30/h1-10,12,15,23H,11,13,16-17H2,(H,28,31)(H,29,32)/t23-/m1/s1. The number of aromatic nitrogens is 1. The number of carbonyl (C=O) groups is 2. The third-order valence-corrected chi connectivity index (χ3v) is 5.63. The van der Waals surface area contributed by atoms with Gasteiger partial charge in [-0.05, 0) is 41.3 Å². The molecule has 4 rings (SSSR count). The van der Waals surface area contributed by atoms with Crippen LogP contribution in [0.2, 0.25) is 0 Å². The van der Waals surface area contributed by atoms with Crippen LogP contribution in [0.3, 0.4) is 0 Å². The lowest BCUT2D eigenvalue weighted by Crippen LogP contribution is -2.43. The molecule has 0 unspecified atom stereocenters. The van der Waals surface area contributed by atoms with E-state index in [4.69, 9.17) is 0 Å². The van der Waals surface area contributed by atoms with E-state index in [9.17, 15) is 14.9 Å². The van der Waals surface area contributed by atoms with Crippen LogP contribution >= 0.6 is 0 Å². The smallest absolute Gasteiger partial charge is 0.313 e. The summed E-state index contributed by atoms with van der Waals surface area (Å²) >= 11 is 0. The number of rotatable bonds is 5. The van der Waals surface area contributed by atoms with Gasteiger partial charge in [-0.2, -0.15) is 5.26 Å². The number of nitrogens with one attached hydrogen (secondary N) is 2. The number of carbonyl (C=O) groups excluding carboxylic acids is 2.